The predicted molar refractivity (Wildman–Crippen MR) is 87.0 cm³/mol. The highest BCUT2D eigenvalue weighted by atomic mass is 32.1. The van der Waals surface area contributed by atoms with Crippen LogP contribution in [-0.4, -0.2) is 27.7 Å². The van der Waals surface area contributed by atoms with Crippen molar-refractivity contribution in [3.8, 4) is 0 Å². The Morgan fingerprint density at radius 2 is 2.08 bits per heavy atom. The Hall–Kier alpha value is -1.67. The quantitative estimate of drug-likeness (QED) is 0.836. The number of hydrogen-bond acceptors (Lipinski definition) is 5. The van der Waals surface area contributed by atoms with Gasteiger partial charge in [-0.25, -0.2) is 4.98 Å². The van der Waals surface area contributed by atoms with Crippen LogP contribution in [0.25, 0.3) is 10.2 Å². The fraction of sp³-hybridized carbons (Fsp3) is 0.500. The van der Waals surface area contributed by atoms with Gasteiger partial charge in [-0.2, -0.15) is 23.3 Å². The molecular weight excluding hydrogens is 339 g/mol. The molecule has 2 heterocycles. The van der Waals surface area contributed by atoms with Crippen molar-refractivity contribution < 1.29 is 18.3 Å². The standard InChI is InChI=1S/C16H16F3N3OS/c1-9-6-7-11-10(8-9)15(23,16(17,18)19)22(21-11)14-20-12-4-2-3-5-13(12)24-14/h2-5,9-10,23H,6-8H2,1H3/t9-,10+,15+/m1/s1. The molecule has 2 aliphatic rings. The third kappa shape index (κ3) is 2.16. The molecule has 1 fully saturated rings. The summed E-state index contributed by atoms with van der Waals surface area (Å²) in [4.78, 5) is 4.26. The Morgan fingerprint density at radius 3 is 2.79 bits per heavy atom. The number of hydrazone groups is 1. The van der Waals surface area contributed by atoms with Crippen LogP contribution >= 0.6 is 11.3 Å². The summed E-state index contributed by atoms with van der Waals surface area (Å²) in [5.74, 6) is -0.911. The average molecular weight is 355 g/mol. The van der Waals surface area contributed by atoms with Gasteiger partial charge in [0.05, 0.1) is 16.1 Å². The van der Waals surface area contributed by atoms with E-state index in [1.807, 2.05) is 6.92 Å². The van der Waals surface area contributed by atoms with E-state index in [4.69, 9.17) is 0 Å². The van der Waals surface area contributed by atoms with Gasteiger partial charge >= 0.3 is 6.18 Å². The molecule has 1 saturated carbocycles. The third-order valence-corrected chi connectivity index (χ3v) is 5.86. The average Bonchev–Trinajstić information content (AvgIpc) is 3.07. The molecule has 2 aromatic rings. The van der Waals surface area contributed by atoms with Crippen LogP contribution < -0.4 is 5.01 Å². The van der Waals surface area contributed by atoms with E-state index in [0.29, 0.717) is 22.7 Å². The maximum absolute atomic E-state index is 13.8. The van der Waals surface area contributed by atoms with Crippen LogP contribution in [-0.2, 0) is 0 Å². The molecule has 0 bridgehead atoms. The molecular formula is C16H16F3N3OS. The minimum Gasteiger partial charge on any atom is -0.362 e. The van der Waals surface area contributed by atoms with Gasteiger partial charge in [-0.1, -0.05) is 30.4 Å². The zero-order valence-corrected chi connectivity index (χ0v) is 13.7. The molecule has 1 aromatic heterocycles. The number of alkyl halides is 3. The van der Waals surface area contributed by atoms with E-state index >= 15 is 0 Å². The lowest BCUT2D eigenvalue weighted by Crippen LogP contribution is -2.60. The Morgan fingerprint density at radius 1 is 1.33 bits per heavy atom. The van der Waals surface area contributed by atoms with Gasteiger partial charge in [-0.15, -0.1) is 0 Å². The lowest BCUT2D eigenvalue weighted by atomic mass is 9.76. The van der Waals surface area contributed by atoms with Gasteiger partial charge < -0.3 is 5.11 Å². The zero-order valence-electron chi connectivity index (χ0n) is 12.9. The second-order valence-corrected chi connectivity index (χ2v) is 7.53. The molecule has 0 unspecified atom stereocenters. The van der Waals surface area contributed by atoms with Crippen molar-refractivity contribution in [3.05, 3.63) is 24.3 Å². The molecule has 24 heavy (non-hydrogen) atoms. The van der Waals surface area contributed by atoms with Crippen molar-refractivity contribution in [1.82, 2.24) is 4.98 Å². The summed E-state index contributed by atoms with van der Waals surface area (Å²) in [6, 6.07) is 7.11. The molecule has 1 aliphatic carbocycles. The summed E-state index contributed by atoms with van der Waals surface area (Å²) in [7, 11) is 0. The van der Waals surface area contributed by atoms with Crippen LogP contribution in [0.3, 0.4) is 0 Å². The van der Waals surface area contributed by atoms with E-state index < -0.39 is 17.8 Å². The summed E-state index contributed by atoms with van der Waals surface area (Å²) >= 11 is 1.11. The van der Waals surface area contributed by atoms with Crippen LogP contribution in [0.1, 0.15) is 26.2 Å². The Balaban J connectivity index is 1.84. The highest BCUT2D eigenvalue weighted by Gasteiger charge is 2.68. The number of halogens is 3. The first-order chi connectivity index (χ1) is 11.3. The molecule has 4 rings (SSSR count). The van der Waals surface area contributed by atoms with E-state index in [2.05, 4.69) is 10.1 Å². The van der Waals surface area contributed by atoms with Gasteiger partial charge in [0.25, 0.3) is 5.72 Å². The second-order valence-electron chi connectivity index (χ2n) is 6.52. The van der Waals surface area contributed by atoms with Crippen LogP contribution in [0.4, 0.5) is 18.3 Å². The minimum absolute atomic E-state index is 0.0746. The molecule has 1 aromatic carbocycles. The smallest absolute Gasteiger partial charge is 0.362 e. The van der Waals surface area contributed by atoms with Gasteiger partial charge in [0.2, 0.25) is 5.13 Å². The van der Waals surface area contributed by atoms with Crippen LogP contribution in [0.5, 0.6) is 0 Å². The SMILES string of the molecule is C[C@@H]1CCC2=NN(c3nc4ccccc4s3)[C@@](O)(C(F)(F)F)[C@H]2C1. The summed E-state index contributed by atoms with van der Waals surface area (Å²) in [6.07, 6.45) is -3.28. The Kier molecular flexibility index (Phi) is 3.41. The number of aliphatic hydroxyl groups is 1. The van der Waals surface area contributed by atoms with Crippen molar-refractivity contribution >= 4 is 32.4 Å². The van der Waals surface area contributed by atoms with E-state index in [0.717, 1.165) is 22.5 Å². The molecule has 1 N–H and O–H groups in total. The maximum atomic E-state index is 13.8. The molecule has 0 spiro atoms. The fourth-order valence-electron chi connectivity index (χ4n) is 3.55. The molecule has 128 valence electrons. The molecule has 0 radical (unpaired) electrons. The number of anilines is 1. The van der Waals surface area contributed by atoms with Gasteiger partial charge in [0, 0.05) is 5.71 Å². The molecule has 0 saturated heterocycles. The van der Waals surface area contributed by atoms with Crippen molar-refractivity contribution in [2.75, 3.05) is 5.01 Å². The number of rotatable bonds is 1. The lowest BCUT2D eigenvalue weighted by Gasteiger charge is -2.39. The first kappa shape index (κ1) is 15.8. The lowest BCUT2D eigenvalue weighted by molar-refractivity contribution is -0.269. The predicted octanol–water partition coefficient (Wildman–Crippen LogP) is 4.16. The second kappa shape index (κ2) is 5.16. The number of nitrogens with zero attached hydrogens (tertiary/aromatic N) is 3. The van der Waals surface area contributed by atoms with E-state index in [-0.39, 0.29) is 17.5 Å². The number of hydrogen-bond donors (Lipinski definition) is 1. The Bertz CT molecular complexity index is 785. The third-order valence-electron chi connectivity index (χ3n) is 4.85. The molecule has 4 nitrogen and oxygen atoms in total. The molecule has 1 aliphatic heterocycles. The van der Waals surface area contributed by atoms with Crippen molar-refractivity contribution in [3.63, 3.8) is 0 Å². The van der Waals surface area contributed by atoms with E-state index in [1.165, 1.54) is 0 Å². The van der Waals surface area contributed by atoms with Crippen LogP contribution in [0, 0.1) is 11.8 Å². The number of thiazole rings is 1. The number of aromatic nitrogens is 1. The first-order valence-corrected chi connectivity index (χ1v) is 8.64. The van der Waals surface area contributed by atoms with Gasteiger partial charge in [-0.05, 0) is 37.3 Å². The monoisotopic (exact) mass is 355 g/mol. The number of para-hydroxylation sites is 1. The zero-order chi connectivity index (χ0) is 17.1. The summed E-state index contributed by atoms with van der Waals surface area (Å²) in [6.45, 7) is 1.91. The highest BCUT2D eigenvalue weighted by molar-refractivity contribution is 7.22. The fourth-order valence-corrected chi connectivity index (χ4v) is 4.52. The maximum Gasteiger partial charge on any atom is 0.439 e. The molecule has 3 atom stereocenters. The molecule has 0 amide bonds. The van der Waals surface area contributed by atoms with Gasteiger partial charge in [-0.3, -0.25) is 0 Å². The van der Waals surface area contributed by atoms with Gasteiger partial charge in [0.1, 0.15) is 0 Å². The summed E-state index contributed by atoms with van der Waals surface area (Å²) < 4.78 is 42.3. The van der Waals surface area contributed by atoms with Crippen molar-refractivity contribution in [2.45, 2.75) is 38.1 Å². The normalized spacial score (nSPS) is 30.5. The number of benzene rings is 1. The van der Waals surface area contributed by atoms with Crippen LogP contribution in [0.15, 0.2) is 29.4 Å². The number of fused-ring (bicyclic) bond motifs is 2. The van der Waals surface area contributed by atoms with E-state index in [9.17, 15) is 18.3 Å². The topological polar surface area (TPSA) is 48.7 Å². The largest absolute Gasteiger partial charge is 0.439 e. The first-order valence-electron chi connectivity index (χ1n) is 7.83. The van der Waals surface area contributed by atoms with E-state index in [1.54, 1.807) is 24.3 Å². The van der Waals surface area contributed by atoms with Crippen molar-refractivity contribution in [2.24, 2.45) is 16.9 Å². The minimum atomic E-state index is -4.82. The summed E-state index contributed by atoms with van der Waals surface area (Å²) in [5, 5.41) is 15.7. The summed E-state index contributed by atoms with van der Waals surface area (Å²) in [5.41, 5.74) is -2.00. The van der Waals surface area contributed by atoms with Crippen LogP contribution in [0.2, 0.25) is 0 Å². The highest BCUT2D eigenvalue weighted by Crippen LogP contribution is 2.51. The Labute approximate surface area is 140 Å². The van der Waals surface area contributed by atoms with Crippen molar-refractivity contribution in [1.29, 1.82) is 0 Å². The van der Waals surface area contributed by atoms with Gasteiger partial charge in [0.15, 0.2) is 0 Å². The molecule has 8 heteroatoms.